The number of nitrogens with one attached hydrogen (secondary N) is 1. The van der Waals surface area contributed by atoms with Gasteiger partial charge in [-0.2, -0.15) is 0 Å². The molecular weight excluding hydrogens is 278 g/mol. The fraction of sp³-hybridized carbons (Fsp3) is 0.882. The lowest BCUT2D eigenvalue weighted by Gasteiger charge is -2.38. The van der Waals surface area contributed by atoms with E-state index in [9.17, 15) is 9.59 Å². The molecule has 3 amide bonds. The van der Waals surface area contributed by atoms with Gasteiger partial charge in [-0.3, -0.25) is 4.79 Å². The Balaban J connectivity index is 1.46. The van der Waals surface area contributed by atoms with Crippen LogP contribution in [0.25, 0.3) is 0 Å². The number of hydrogen-bond donors (Lipinski definition) is 1. The largest absolute Gasteiger partial charge is 0.339 e. The molecule has 5 nitrogen and oxygen atoms in total. The van der Waals surface area contributed by atoms with Crippen molar-refractivity contribution >= 4 is 11.9 Å². The number of piperazine rings is 1. The summed E-state index contributed by atoms with van der Waals surface area (Å²) in [6, 6.07) is 0.367. The van der Waals surface area contributed by atoms with Crippen LogP contribution in [-0.2, 0) is 4.79 Å². The second-order valence-electron chi connectivity index (χ2n) is 7.41. The molecule has 1 saturated heterocycles. The molecule has 3 fully saturated rings. The Morgan fingerprint density at radius 2 is 1.55 bits per heavy atom. The number of rotatable bonds is 2. The van der Waals surface area contributed by atoms with E-state index in [0.717, 1.165) is 19.3 Å². The highest BCUT2D eigenvalue weighted by Gasteiger charge is 2.35. The minimum Gasteiger partial charge on any atom is -0.339 e. The molecule has 0 aromatic carbocycles. The van der Waals surface area contributed by atoms with Crippen molar-refractivity contribution in [2.45, 2.75) is 52.0 Å². The van der Waals surface area contributed by atoms with Gasteiger partial charge in [-0.25, -0.2) is 4.79 Å². The number of nitrogens with zero attached hydrogens (tertiary/aromatic N) is 2. The molecule has 0 spiro atoms. The first-order valence-corrected chi connectivity index (χ1v) is 8.90. The van der Waals surface area contributed by atoms with Crippen molar-refractivity contribution in [3.05, 3.63) is 0 Å². The van der Waals surface area contributed by atoms with Crippen LogP contribution in [0.1, 0.15) is 46.0 Å². The second-order valence-corrected chi connectivity index (χ2v) is 7.41. The summed E-state index contributed by atoms with van der Waals surface area (Å²) in [5.41, 5.74) is 0. The van der Waals surface area contributed by atoms with Gasteiger partial charge in [-0.1, -0.05) is 26.7 Å². The molecule has 3 aliphatic rings. The summed E-state index contributed by atoms with van der Waals surface area (Å²) in [6.45, 7) is 7.26. The van der Waals surface area contributed by atoms with E-state index in [1.807, 2.05) is 9.80 Å². The fourth-order valence-corrected chi connectivity index (χ4v) is 3.75. The minimum atomic E-state index is 0.0597. The Morgan fingerprint density at radius 3 is 2.18 bits per heavy atom. The zero-order valence-electron chi connectivity index (χ0n) is 13.9. The summed E-state index contributed by atoms with van der Waals surface area (Å²) < 4.78 is 0. The van der Waals surface area contributed by atoms with Crippen LogP contribution >= 0.6 is 0 Å². The van der Waals surface area contributed by atoms with E-state index < -0.39 is 0 Å². The summed E-state index contributed by atoms with van der Waals surface area (Å²) in [6.07, 6.45) is 5.68. The molecule has 3 rings (SSSR count). The Bertz CT molecular complexity index is 428. The van der Waals surface area contributed by atoms with Crippen molar-refractivity contribution in [1.29, 1.82) is 0 Å². The van der Waals surface area contributed by atoms with Gasteiger partial charge in [0.05, 0.1) is 0 Å². The molecule has 22 heavy (non-hydrogen) atoms. The second kappa shape index (κ2) is 6.47. The van der Waals surface area contributed by atoms with E-state index in [-0.39, 0.29) is 11.9 Å². The van der Waals surface area contributed by atoms with Gasteiger partial charge in [0.25, 0.3) is 0 Å². The van der Waals surface area contributed by atoms with Crippen molar-refractivity contribution in [3.8, 4) is 0 Å². The number of amides is 3. The zero-order valence-corrected chi connectivity index (χ0v) is 13.9. The molecule has 2 saturated carbocycles. The van der Waals surface area contributed by atoms with Crippen LogP contribution in [0.15, 0.2) is 0 Å². The topological polar surface area (TPSA) is 52.7 Å². The van der Waals surface area contributed by atoms with Gasteiger partial charge < -0.3 is 15.1 Å². The lowest BCUT2D eigenvalue weighted by atomic mass is 9.78. The highest BCUT2D eigenvalue weighted by atomic mass is 16.2. The monoisotopic (exact) mass is 307 g/mol. The molecule has 0 aromatic heterocycles. The van der Waals surface area contributed by atoms with E-state index in [0.29, 0.717) is 50.0 Å². The van der Waals surface area contributed by atoms with Crippen LogP contribution in [0.3, 0.4) is 0 Å². The minimum absolute atomic E-state index is 0.0597. The third-order valence-electron chi connectivity index (χ3n) is 5.82. The standard InChI is InChI=1S/C17H29N3O2/c1-12-4-3-5-15(13(12)2)18-17(22)20-10-8-19(9-11-20)16(21)14-6-7-14/h12-15H,3-11H2,1-2H3,(H,18,22)/t12-,13+,15+/m1/s1. The van der Waals surface area contributed by atoms with Crippen molar-refractivity contribution in [2.24, 2.45) is 17.8 Å². The van der Waals surface area contributed by atoms with Gasteiger partial charge in [0.2, 0.25) is 5.91 Å². The molecule has 0 radical (unpaired) electrons. The van der Waals surface area contributed by atoms with Crippen LogP contribution in [0.4, 0.5) is 4.79 Å². The van der Waals surface area contributed by atoms with Crippen molar-refractivity contribution < 1.29 is 9.59 Å². The molecule has 0 bridgehead atoms. The predicted molar refractivity (Wildman–Crippen MR) is 85.4 cm³/mol. The summed E-state index contributed by atoms with van der Waals surface area (Å²) in [5, 5.41) is 3.23. The average Bonchev–Trinajstić information content (AvgIpc) is 3.36. The third-order valence-corrected chi connectivity index (χ3v) is 5.82. The fourth-order valence-electron chi connectivity index (χ4n) is 3.75. The van der Waals surface area contributed by atoms with E-state index in [4.69, 9.17) is 0 Å². The maximum absolute atomic E-state index is 12.5. The first kappa shape index (κ1) is 15.6. The smallest absolute Gasteiger partial charge is 0.317 e. The molecule has 124 valence electrons. The number of hydrogen-bond acceptors (Lipinski definition) is 2. The molecule has 1 heterocycles. The first-order valence-electron chi connectivity index (χ1n) is 8.90. The highest BCUT2D eigenvalue weighted by molar-refractivity contribution is 5.81. The molecular formula is C17H29N3O2. The van der Waals surface area contributed by atoms with Gasteiger partial charge in [-0.15, -0.1) is 0 Å². The van der Waals surface area contributed by atoms with Crippen molar-refractivity contribution in [2.75, 3.05) is 26.2 Å². The van der Waals surface area contributed by atoms with Crippen molar-refractivity contribution in [3.63, 3.8) is 0 Å². The SMILES string of the molecule is C[C@H]1[C@H](C)CCC[C@@H]1NC(=O)N1CCN(C(=O)C2CC2)CC1. The van der Waals surface area contributed by atoms with Crippen LogP contribution in [0.5, 0.6) is 0 Å². The van der Waals surface area contributed by atoms with Gasteiger partial charge in [-0.05, 0) is 31.1 Å². The van der Waals surface area contributed by atoms with Crippen molar-refractivity contribution in [1.82, 2.24) is 15.1 Å². The van der Waals surface area contributed by atoms with Crippen LogP contribution in [0.2, 0.25) is 0 Å². The summed E-state index contributed by atoms with van der Waals surface area (Å²) in [7, 11) is 0. The molecule has 3 atom stereocenters. The summed E-state index contributed by atoms with van der Waals surface area (Å²) in [4.78, 5) is 28.3. The van der Waals surface area contributed by atoms with E-state index in [2.05, 4.69) is 19.2 Å². The average molecular weight is 307 g/mol. The van der Waals surface area contributed by atoms with Crippen LogP contribution in [0, 0.1) is 17.8 Å². The Hall–Kier alpha value is -1.26. The molecule has 2 aliphatic carbocycles. The normalized spacial score (nSPS) is 32.7. The Morgan fingerprint density at radius 1 is 0.909 bits per heavy atom. The molecule has 1 N–H and O–H groups in total. The maximum Gasteiger partial charge on any atom is 0.317 e. The first-order chi connectivity index (χ1) is 10.6. The molecule has 0 unspecified atom stereocenters. The van der Waals surface area contributed by atoms with Crippen LogP contribution < -0.4 is 5.32 Å². The quantitative estimate of drug-likeness (QED) is 0.849. The lowest BCUT2D eigenvalue weighted by Crippen LogP contribution is -2.56. The Labute approximate surface area is 133 Å². The Kier molecular flexibility index (Phi) is 4.59. The number of urea groups is 1. The lowest BCUT2D eigenvalue weighted by molar-refractivity contribution is -0.133. The number of carbonyl (C=O) groups excluding carboxylic acids is 2. The van der Waals surface area contributed by atoms with E-state index in [1.54, 1.807) is 0 Å². The number of carbonyl (C=O) groups is 2. The summed E-state index contributed by atoms with van der Waals surface area (Å²) in [5.74, 6) is 1.82. The van der Waals surface area contributed by atoms with E-state index in [1.165, 1.54) is 12.8 Å². The van der Waals surface area contributed by atoms with Crippen LogP contribution in [-0.4, -0.2) is 54.0 Å². The molecule has 0 aromatic rings. The predicted octanol–water partition coefficient (Wildman–Crippen LogP) is 2.07. The van der Waals surface area contributed by atoms with Gasteiger partial charge in [0, 0.05) is 38.1 Å². The van der Waals surface area contributed by atoms with Gasteiger partial charge in [0.15, 0.2) is 0 Å². The molecule has 5 heteroatoms. The third kappa shape index (κ3) is 3.39. The van der Waals surface area contributed by atoms with E-state index >= 15 is 0 Å². The zero-order chi connectivity index (χ0) is 15.7. The highest BCUT2D eigenvalue weighted by Crippen LogP contribution is 2.31. The summed E-state index contributed by atoms with van der Waals surface area (Å²) >= 11 is 0. The van der Waals surface area contributed by atoms with Gasteiger partial charge >= 0.3 is 6.03 Å². The maximum atomic E-state index is 12.5. The molecule has 1 aliphatic heterocycles. The van der Waals surface area contributed by atoms with Gasteiger partial charge in [0.1, 0.15) is 0 Å².